The van der Waals surface area contributed by atoms with Crippen molar-refractivity contribution < 1.29 is 14.6 Å². The van der Waals surface area contributed by atoms with Gasteiger partial charge < -0.3 is 15.6 Å². The largest absolute Gasteiger partial charge is 0.480 e. The molecule has 0 aromatic rings. The predicted molar refractivity (Wildman–Crippen MR) is 98.3 cm³/mol. The molecule has 0 bridgehead atoms. The quantitative estimate of drug-likeness (QED) is 0.248. The molecule has 2 saturated carbocycles. The van der Waals surface area contributed by atoms with Gasteiger partial charge in [0.2, 0.25) is 0 Å². The number of hydrogen-bond acceptors (Lipinski definition) is 2. The predicted octanol–water partition coefficient (Wildman–Crippen LogP) is 4.22. The van der Waals surface area contributed by atoms with Crippen LogP contribution in [0.25, 0.3) is 0 Å². The van der Waals surface area contributed by atoms with Crippen molar-refractivity contribution in [2.45, 2.75) is 46.0 Å². The van der Waals surface area contributed by atoms with E-state index in [0.717, 1.165) is 32.1 Å². The van der Waals surface area contributed by atoms with Gasteiger partial charge in [0.1, 0.15) is 6.61 Å². The molecule has 1 N–H and O–H groups in total. The van der Waals surface area contributed by atoms with E-state index < -0.39 is 5.97 Å². The Hall–Kier alpha value is -1.88. The van der Waals surface area contributed by atoms with Gasteiger partial charge in [0.15, 0.2) is 0 Å². The van der Waals surface area contributed by atoms with Gasteiger partial charge in [-0.3, -0.25) is 0 Å². The Morgan fingerprint density at radius 1 is 1.48 bits per heavy atom. The third-order valence-electron chi connectivity index (χ3n) is 4.84. The molecule has 0 aromatic carbocycles. The summed E-state index contributed by atoms with van der Waals surface area (Å²) in [6, 6.07) is 0. The number of fused-ring (bicyclic) bond motifs is 1. The SMILES string of the molecule is CCC#CC[C@H](C)C=C=[C-][C@H]1[CH+]C[C@@H]2C/C(=C\COCC(=O)O)C[C@@H]21. The van der Waals surface area contributed by atoms with Crippen LogP contribution in [0.5, 0.6) is 0 Å². The topological polar surface area (TPSA) is 46.5 Å². The van der Waals surface area contributed by atoms with Crippen LogP contribution in [0.4, 0.5) is 0 Å². The summed E-state index contributed by atoms with van der Waals surface area (Å²) < 4.78 is 5.11. The Balaban J connectivity index is 1.82. The van der Waals surface area contributed by atoms with Crippen molar-refractivity contribution in [1.29, 1.82) is 0 Å². The van der Waals surface area contributed by atoms with Crippen molar-refractivity contribution in [3.63, 3.8) is 0 Å². The Morgan fingerprint density at radius 2 is 2.32 bits per heavy atom. The smallest absolute Gasteiger partial charge is 0.329 e. The first-order valence-corrected chi connectivity index (χ1v) is 9.21. The minimum atomic E-state index is -0.919. The van der Waals surface area contributed by atoms with Crippen molar-refractivity contribution in [2.75, 3.05) is 13.2 Å². The number of allylic oxidation sites excluding steroid dienone is 2. The second kappa shape index (κ2) is 10.2. The minimum Gasteiger partial charge on any atom is -0.480 e. The molecule has 0 aliphatic heterocycles. The second-order valence-corrected chi connectivity index (χ2v) is 6.94. The summed E-state index contributed by atoms with van der Waals surface area (Å²) >= 11 is 0. The lowest BCUT2D eigenvalue weighted by atomic mass is 9.92. The zero-order valence-electron chi connectivity index (χ0n) is 15.3. The molecular weight excluding hydrogens is 312 g/mol. The van der Waals surface area contributed by atoms with Crippen molar-refractivity contribution >= 4 is 5.97 Å². The Labute approximate surface area is 151 Å². The van der Waals surface area contributed by atoms with Crippen molar-refractivity contribution in [1.82, 2.24) is 0 Å². The average Bonchev–Trinajstić information content (AvgIpc) is 3.13. The molecule has 0 spiro atoms. The molecule has 3 heteroatoms. The number of carboxylic acid groups (broad SMARTS) is 1. The Kier molecular flexibility index (Phi) is 7.92. The van der Waals surface area contributed by atoms with Crippen molar-refractivity contribution in [3.05, 3.63) is 36.0 Å². The summed E-state index contributed by atoms with van der Waals surface area (Å²) in [5.74, 6) is 7.45. The van der Waals surface area contributed by atoms with Gasteiger partial charge >= 0.3 is 5.97 Å². The summed E-state index contributed by atoms with van der Waals surface area (Å²) in [4.78, 5) is 10.4. The minimum absolute atomic E-state index is 0.227. The third kappa shape index (κ3) is 6.50. The van der Waals surface area contributed by atoms with Gasteiger partial charge in [-0.1, -0.05) is 31.4 Å². The van der Waals surface area contributed by atoms with E-state index in [-0.39, 0.29) is 6.61 Å². The van der Waals surface area contributed by atoms with Crippen LogP contribution in [-0.4, -0.2) is 24.3 Å². The van der Waals surface area contributed by atoms with Crippen molar-refractivity contribution in [2.24, 2.45) is 23.7 Å². The molecule has 0 amide bonds. The molecule has 25 heavy (non-hydrogen) atoms. The number of ether oxygens (including phenoxy) is 1. The van der Waals surface area contributed by atoms with Crippen LogP contribution < -0.4 is 0 Å². The summed E-state index contributed by atoms with van der Waals surface area (Å²) in [5.41, 5.74) is 4.66. The molecule has 2 aliphatic rings. The Bertz CT molecular complexity index is 598. The van der Waals surface area contributed by atoms with E-state index in [9.17, 15) is 4.79 Å². The van der Waals surface area contributed by atoms with Crippen molar-refractivity contribution in [3.8, 4) is 11.8 Å². The van der Waals surface area contributed by atoms with E-state index in [1.165, 1.54) is 5.57 Å². The van der Waals surface area contributed by atoms with Crippen LogP contribution in [0.3, 0.4) is 0 Å². The van der Waals surface area contributed by atoms with Gasteiger partial charge in [-0.2, -0.15) is 12.2 Å². The van der Waals surface area contributed by atoms with Gasteiger partial charge in [-0.15, -0.1) is 11.8 Å². The fourth-order valence-electron chi connectivity index (χ4n) is 3.57. The van der Waals surface area contributed by atoms with Gasteiger partial charge in [-0.25, -0.2) is 4.79 Å². The zero-order chi connectivity index (χ0) is 18.1. The lowest BCUT2D eigenvalue weighted by molar-refractivity contribution is -0.141. The highest BCUT2D eigenvalue weighted by atomic mass is 16.5. The molecule has 0 saturated heterocycles. The number of rotatable bonds is 7. The summed E-state index contributed by atoms with van der Waals surface area (Å²) in [7, 11) is 0. The Morgan fingerprint density at radius 3 is 3.08 bits per heavy atom. The maximum Gasteiger partial charge on any atom is 0.329 e. The van der Waals surface area contributed by atoms with E-state index in [1.54, 1.807) is 0 Å². The molecule has 3 nitrogen and oxygen atoms in total. The third-order valence-corrected chi connectivity index (χ3v) is 4.84. The first-order chi connectivity index (χ1) is 12.1. The highest BCUT2D eigenvalue weighted by Crippen LogP contribution is 2.49. The van der Waals surface area contributed by atoms with Crippen LogP contribution in [-0.2, 0) is 9.53 Å². The van der Waals surface area contributed by atoms with E-state index >= 15 is 0 Å². The van der Waals surface area contributed by atoms with E-state index in [1.807, 2.05) is 0 Å². The fourth-order valence-corrected chi connectivity index (χ4v) is 3.57. The average molecular weight is 340 g/mol. The lowest BCUT2D eigenvalue weighted by Gasteiger charge is -2.11. The molecule has 0 aromatic heterocycles. The van der Waals surface area contributed by atoms with E-state index in [2.05, 4.69) is 56.1 Å². The standard InChI is InChI=1S/C22H28O3/c1-3-4-5-7-17(2)8-6-9-19-10-11-20-14-18(15-21(19)20)12-13-25-16-22(23)24/h8,10,12,17,19-21H,3,7,11,13-16H2,1-2H3,(H,23,24)/b18-12+/t17-,19-,20+,21+/m0/s1. The van der Waals surface area contributed by atoms with Crippen LogP contribution >= 0.6 is 0 Å². The molecule has 2 fully saturated rings. The molecule has 0 unspecified atom stereocenters. The van der Waals surface area contributed by atoms with Gasteiger partial charge in [0.25, 0.3) is 0 Å². The summed E-state index contributed by atoms with van der Waals surface area (Å²) in [6.45, 7) is 4.39. The molecule has 0 heterocycles. The molecule has 134 valence electrons. The van der Waals surface area contributed by atoms with Crippen LogP contribution in [0, 0.1) is 48.0 Å². The zero-order valence-corrected chi connectivity index (χ0v) is 15.3. The lowest BCUT2D eigenvalue weighted by Crippen LogP contribution is -2.07. The summed E-state index contributed by atoms with van der Waals surface area (Å²) in [6.07, 6.45) is 15.0. The highest BCUT2D eigenvalue weighted by Gasteiger charge is 2.43. The molecule has 2 aliphatic carbocycles. The normalized spacial score (nSPS) is 26.8. The first kappa shape index (κ1) is 19.4. The van der Waals surface area contributed by atoms with E-state index in [4.69, 9.17) is 9.84 Å². The summed E-state index contributed by atoms with van der Waals surface area (Å²) in [5, 5.41) is 8.58. The van der Waals surface area contributed by atoms with Crippen LogP contribution in [0.1, 0.15) is 46.0 Å². The van der Waals surface area contributed by atoms with Gasteiger partial charge in [0.05, 0.1) is 25.4 Å². The molecule has 4 atom stereocenters. The first-order valence-electron chi connectivity index (χ1n) is 9.21. The number of carboxylic acids is 1. The number of carbonyl (C=O) groups is 1. The number of hydrogen-bond donors (Lipinski definition) is 1. The second-order valence-electron chi connectivity index (χ2n) is 6.94. The molecule has 2 rings (SSSR count). The van der Waals surface area contributed by atoms with Gasteiger partial charge in [0, 0.05) is 24.7 Å². The molecule has 0 radical (unpaired) electrons. The van der Waals surface area contributed by atoms with Gasteiger partial charge in [-0.05, 0) is 12.8 Å². The highest BCUT2D eigenvalue weighted by molar-refractivity contribution is 5.68. The van der Waals surface area contributed by atoms with Crippen LogP contribution in [0.15, 0.2) is 23.5 Å². The van der Waals surface area contributed by atoms with Crippen LogP contribution in [0.2, 0.25) is 0 Å². The van der Waals surface area contributed by atoms with E-state index in [0.29, 0.717) is 30.3 Å². The monoisotopic (exact) mass is 340 g/mol. The maximum absolute atomic E-state index is 10.4. The number of aliphatic carboxylic acids is 1. The molecular formula is C22H28O3. The maximum atomic E-state index is 10.4. The fraction of sp³-hybridized carbons (Fsp3) is 0.591.